The molecular formula is C12H22N4O. The molecule has 3 N–H and O–H groups in total. The number of carbonyl (C=O) groups excluding carboxylic acids is 1. The second-order valence-electron chi connectivity index (χ2n) is 4.61. The Morgan fingerprint density at radius 2 is 2.41 bits per heavy atom. The lowest BCUT2D eigenvalue weighted by Crippen LogP contribution is -2.49. The normalized spacial score (nSPS) is 25.2. The summed E-state index contributed by atoms with van der Waals surface area (Å²) in [5.41, 5.74) is 6.02. The third kappa shape index (κ3) is 4.72. The fourth-order valence-electron chi connectivity index (χ4n) is 2.22. The fraction of sp³-hybridized carbons (Fsp3) is 0.833. The molecule has 0 radical (unpaired) electrons. The number of rotatable bonds is 5. The highest BCUT2D eigenvalue weighted by Gasteiger charge is 2.25. The van der Waals surface area contributed by atoms with Crippen LogP contribution in [0.5, 0.6) is 0 Å². The maximum atomic E-state index is 11.6. The molecule has 17 heavy (non-hydrogen) atoms. The van der Waals surface area contributed by atoms with Crippen LogP contribution in [0.15, 0.2) is 0 Å². The number of likely N-dealkylation sites (tertiary alicyclic amines) is 1. The molecule has 0 saturated carbocycles. The molecule has 5 nitrogen and oxygen atoms in total. The van der Waals surface area contributed by atoms with E-state index in [4.69, 9.17) is 11.0 Å². The minimum absolute atomic E-state index is 0.00516. The van der Waals surface area contributed by atoms with Gasteiger partial charge in [-0.15, -0.1) is 0 Å². The lowest BCUT2D eigenvalue weighted by molar-refractivity contribution is -0.122. The lowest BCUT2D eigenvalue weighted by atomic mass is 9.91. The number of amides is 1. The van der Waals surface area contributed by atoms with E-state index in [1.807, 2.05) is 6.07 Å². The molecule has 0 aromatic carbocycles. The minimum atomic E-state index is 0.00516. The average Bonchev–Trinajstić information content (AvgIpc) is 2.32. The summed E-state index contributed by atoms with van der Waals surface area (Å²) >= 11 is 0. The van der Waals surface area contributed by atoms with Crippen molar-refractivity contribution in [3.63, 3.8) is 0 Å². The summed E-state index contributed by atoms with van der Waals surface area (Å²) in [6.45, 7) is 4.81. The number of nitrogens with zero attached hydrogens (tertiary/aromatic N) is 2. The highest BCUT2D eigenvalue weighted by atomic mass is 16.2. The van der Waals surface area contributed by atoms with Crippen LogP contribution in [0.3, 0.4) is 0 Å². The van der Waals surface area contributed by atoms with Gasteiger partial charge in [-0.25, -0.2) is 0 Å². The molecule has 0 bridgehead atoms. The number of carbonyl (C=O) groups is 1. The monoisotopic (exact) mass is 238 g/mol. The van der Waals surface area contributed by atoms with Crippen molar-refractivity contribution in [3.8, 4) is 6.07 Å². The van der Waals surface area contributed by atoms with E-state index in [0.29, 0.717) is 25.4 Å². The molecule has 96 valence electrons. The van der Waals surface area contributed by atoms with Gasteiger partial charge in [-0.2, -0.15) is 5.26 Å². The second kappa shape index (κ2) is 7.25. The predicted octanol–water partition coefficient (Wildman–Crippen LogP) is 0.0755. The first-order chi connectivity index (χ1) is 8.17. The minimum Gasteiger partial charge on any atom is -0.354 e. The molecule has 1 amide bonds. The summed E-state index contributed by atoms with van der Waals surface area (Å²) in [5.74, 6) is 0.501. The molecule has 1 saturated heterocycles. The molecule has 1 aliphatic rings. The largest absolute Gasteiger partial charge is 0.354 e. The van der Waals surface area contributed by atoms with Crippen molar-refractivity contribution >= 4 is 5.91 Å². The molecule has 5 heteroatoms. The molecule has 0 aromatic rings. The Balaban J connectivity index is 2.27. The molecule has 0 aliphatic carbocycles. The maximum Gasteiger partial charge on any atom is 0.234 e. The van der Waals surface area contributed by atoms with E-state index < -0.39 is 0 Å². The maximum absolute atomic E-state index is 11.6. The zero-order valence-electron chi connectivity index (χ0n) is 10.5. The van der Waals surface area contributed by atoms with Crippen LogP contribution in [0.25, 0.3) is 0 Å². The Hall–Kier alpha value is -1.12. The zero-order chi connectivity index (χ0) is 12.7. The van der Waals surface area contributed by atoms with Gasteiger partial charge in [0.2, 0.25) is 5.91 Å². The average molecular weight is 238 g/mol. The lowest BCUT2D eigenvalue weighted by Gasteiger charge is -2.36. The molecule has 1 fully saturated rings. The van der Waals surface area contributed by atoms with E-state index in [1.54, 1.807) is 0 Å². The van der Waals surface area contributed by atoms with Crippen LogP contribution in [0.1, 0.15) is 26.2 Å². The standard InChI is InChI=1S/C12H22N4O/c1-2-10-8-16(7-4-11(10)14)9-12(17)15-6-3-5-13/h10-11H,2-4,6-9,14H2,1H3,(H,15,17). The fourth-order valence-corrected chi connectivity index (χ4v) is 2.22. The van der Waals surface area contributed by atoms with Crippen molar-refractivity contribution in [3.05, 3.63) is 0 Å². The summed E-state index contributed by atoms with van der Waals surface area (Å²) in [6, 6.07) is 2.28. The molecule has 2 unspecified atom stereocenters. The van der Waals surface area contributed by atoms with Gasteiger partial charge in [-0.05, 0) is 12.3 Å². The van der Waals surface area contributed by atoms with E-state index in [9.17, 15) is 4.79 Å². The zero-order valence-corrected chi connectivity index (χ0v) is 10.5. The van der Waals surface area contributed by atoms with Crippen molar-refractivity contribution in [2.75, 3.05) is 26.2 Å². The Kier molecular flexibility index (Phi) is 5.95. The number of hydrogen-bond acceptors (Lipinski definition) is 4. The number of nitriles is 1. The highest BCUT2D eigenvalue weighted by molar-refractivity contribution is 5.78. The van der Waals surface area contributed by atoms with Gasteiger partial charge in [0.15, 0.2) is 0 Å². The number of nitrogens with two attached hydrogens (primary N) is 1. The number of nitrogens with one attached hydrogen (secondary N) is 1. The molecule has 1 aliphatic heterocycles. The molecule has 0 spiro atoms. The van der Waals surface area contributed by atoms with Crippen molar-refractivity contribution in [2.45, 2.75) is 32.2 Å². The molecule has 0 aromatic heterocycles. The van der Waals surface area contributed by atoms with E-state index >= 15 is 0 Å². The summed E-state index contributed by atoms with van der Waals surface area (Å²) in [7, 11) is 0. The number of piperidine rings is 1. The van der Waals surface area contributed by atoms with Gasteiger partial charge in [0.1, 0.15) is 0 Å². The van der Waals surface area contributed by atoms with E-state index in [0.717, 1.165) is 25.9 Å². The predicted molar refractivity (Wildman–Crippen MR) is 66.1 cm³/mol. The van der Waals surface area contributed by atoms with Gasteiger partial charge in [0.25, 0.3) is 0 Å². The van der Waals surface area contributed by atoms with Crippen LogP contribution >= 0.6 is 0 Å². The summed E-state index contributed by atoms with van der Waals surface area (Å²) < 4.78 is 0. The summed E-state index contributed by atoms with van der Waals surface area (Å²) in [5, 5.41) is 11.1. The van der Waals surface area contributed by atoms with Crippen LogP contribution in [0, 0.1) is 17.2 Å². The third-order valence-electron chi connectivity index (χ3n) is 3.33. The summed E-state index contributed by atoms with van der Waals surface area (Å²) in [6.07, 6.45) is 2.39. The van der Waals surface area contributed by atoms with Crippen LogP contribution in [0.2, 0.25) is 0 Å². The van der Waals surface area contributed by atoms with Gasteiger partial charge in [-0.3, -0.25) is 9.69 Å². The van der Waals surface area contributed by atoms with E-state index in [2.05, 4.69) is 17.1 Å². The van der Waals surface area contributed by atoms with Crippen molar-refractivity contribution in [2.24, 2.45) is 11.7 Å². The number of hydrogen-bond donors (Lipinski definition) is 2. The van der Waals surface area contributed by atoms with Gasteiger partial charge < -0.3 is 11.1 Å². The van der Waals surface area contributed by atoms with Crippen molar-refractivity contribution in [1.29, 1.82) is 5.26 Å². The first-order valence-electron chi connectivity index (χ1n) is 6.29. The Bertz CT molecular complexity index is 287. The van der Waals surface area contributed by atoms with Gasteiger partial charge in [-0.1, -0.05) is 13.3 Å². The molecule has 1 rings (SSSR count). The SMILES string of the molecule is CCC1CN(CC(=O)NCCC#N)CCC1N. The Morgan fingerprint density at radius 3 is 3.06 bits per heavy atom. The first kappa shape index (κ1) is 13.9. The van der Waals surface area contributed by atoms with Gasteiger partial charge in [0, 0.05) is 25.7 Å². The Morgan fingerprint density at radius 1 is 1.65 bits per heavy atom. The van der Waals surface area contributed by atoms with Crippen LogP contribution in [-0.4, -0.2) is 43.0 Å². The van der Waals surface area contributed by atoms with E-state index in [1.165, 1.54) is 0 Å². The topological polar surface area (TPSA) is 82.2 Å². The second-order valence-corrected chi connectivity index (χ2v) is 4.61. The van der Waals surface area contributed by atoms with Crippen molar-refractivity contribution < 1.29 is 4.79 Å². The Labute approximate surface area is 103 Å². The van der Waals surface area contributed by atoms with Gasteiger partial charge >= 0.3 is 0 Å². The third-order valence-corrected chi connectivity index (χ3v) is 3.33. The molecule has 2 atom stereocenters. The smallest absolute Gasteiger partial charge is 0.234 e. The molecule has 1 heterocycles. The van der Waals surface area contributed by atoms with Crippen LogP contribution in [0.4, 0.5) is 0 Å². The molecular weight excluding hydrogens is 216 g/mol. The van der Waals surface area contributed by atoms with Crippen molar-refractivity contribution in [1.82, 2.24) is 10.2 Å². The first-order valence-corrected chi connectivity index (χ1v) is 6.29. The quantitative estimate of drug-likeness (QED) is 0.664. The van der Waals surface area contributed by atoms with Crippen LogP contribution in [-0.2, 0) is 4.79 Å². The van der Waals surface area contributed by atoms with Crippen LogP contribution < -0.4 is 11.1 Å². The summed E-state index contributed by atoms with van der Waals surface area (Å²) in [4.78, 5) is 13.7. The van der Waals surface area contributed by atoms with E-state index in [-0.39, 0.29) is 11.9 Å². The highest BCUT2D eigenvalue weighted by Crippen LogP contribution is 2.17. The van der Waals surface area contributed by atoms with Gasteiger partial charge in [0.05, 0.1) is 19.0 Å².